The van der Waals surface area contributed by atoms with Gasteiger partial charge in [0.05, 0.1) is 29.4 Å². The number of hydrogen-bond donors (Lipinski definition) is 0. The molecular formula is C17H16N8O2. The van der Waals surface area contributed by atoms with E-state index >= 15 is 0 Å². The van der Waals surface area contributed by atoms with Gasteiger partial charge in [-0.1, -0.05) is 10.4 Å². The third-order valence-corrected chi connectivity index (χ3v) is 4.81. The van der Waals surface area contributed by atoms with Crippen molar-refractivity contribution >= 4 is 21.8 Å². The summed E-state index contributed by atoms with van der Waals surface area (Å²) in [5, 5.41) is 21.3. The first-order chi connectivity index (χ1) is 13.1. The number of benzene rings is 1. The van der Waals surface area contributed by atoms with Crippen molar-refractivity contribution in [3.63, 3.8) is 0 Å². The van der Waals surface area contributed by atoms with Gasteiger partial charge in [0.1, 0.15) is 11.0 Å². The van der Waals surface area contributed by atoms with E-state index < -0.39 is 0 Å². The fourth-order valence-corrected chi connectivity index (χ4v) is 3.21. The van der Waals surface area contributed by atoms with E-state index in [0.29, 0.717) is 28.4 Å². The van der Waals surface area contributed by atoms with Crippen molar-refractivity contribution < 1.29 is 0 Å². The summed E-state index contributed by atoms with van der Waals surface area (Å²) in [7, 11) is 0. The molecule has 4 aromatic rings. The SMILES string of the molecule is CC(Cn1cccn1)n1nnc2cc3c(=O)n(C4CC4)nnc3cc2c1=O. The van der Waals surface area contributed by atoms with Crippen molar-refractivity contribution in [3.8, 4) is 0 Å². The molecule has 0 amide bonds. The van der Waals surface area contributed by atoms with Crippen LogP contribution in [-0.4, -0.2) is 39.8 Å². The first kappa shape index (κ1) is 15.8. The lowest BCUT2D eigenvalue weighted by molar-refractivity contribution is 0.380. The molecule has 5 rings (SSSR count). The number of hydrogen-bond acceptors (Lipinski definition) is 7. The van der Waals surface area contributed by atoms with Gasteiger partial charge < -0.3 is 0 Å². The van der Waals surface area contributed by atoms with E-state index in [-0.39, 0.29) is 23.2 Å². The van der Waals surface area contributed by atoms with Crippen LogP contribution in [0.3, 0.4) is 0 Å². The Hall–Kier alpha value is -3.43. The average molecular weight is 364 g/mol. The quantitative estimate of drug-likeness (QED) is 0.489. The lowest BCUT2D eigenvalue weighted by Gasteiger charge is -2.13. The van der Waals surface area contributed by atoms with Gasteiger partial charge in [-0.2, -0.15) is 5.10 Å². The predicted molar refractivity (Wildman–Crippen MR) is 96.4 cm³/mol. The van der Waals surface area contributed by atoms with E-state index in [1.165, 1.54) is 9.36 Å². The first-order valence-electron chi connectivity index (χ1n) is 8.78. The van der Waals surface area contributed by atoms with Crippen molar-refractivity contribution in [2.45, 2.75) is 38.4 Å². The lowest BCUT2D eigenvalue weighted by Crippen LogP contribution is -2.30. The van der Waals surface area contributed by atoms with Crippen LogP contribution in [0.15, 0.2) is 40.2 Å². The summed E-state index contributed by atoms with van der Waals surface area (Å²) in [4.78, 5) is 25.5. The van der Waals surface area contributed by atoms with E-state index in [4.69, 9.17) is 0 Å². The third-order valence-electron chi connectivity index (χ3n) is 4.81. The second-order valence-corrected chi connectivity index (χ2v) is 6.87. The fourth-order valence-electron chi connectivity index (χ4n) is 3.21. The van der Waals surface area contributed by atoms with Gasteiger partial charge >= 0.3 is 0 Å². The first-order valence-corrected chi connectivity index (χ1v) is 8.78. The number of fused-ring (bicyclic) bond motifs is 2. The highest BCUT2D eigenvalue weighted by Crippen LogP contribution is 2.32. The zero-order valence-electron chi connectivity index (χ0n) is 14.6. The molecule has 0 saturated heterocycles. The van der Waals surface area contributed by atoms with Crippen LogP contribution < -0.4 is 11.1 Å². The van der Waals surface area contributed by atoms with Gasteiger partial charge in [0, 0.05) is 12.4 Å². The largest absolute Gasteiger partial charge is 0.277 e. The van der Waals surface area contributed by atoms with E-state index in [1.807, 2.05) is 19.2 Å². The fraction of sp³-hybridized carbons (Fsp3) is 0.353. The van der Waals surface area contributed by atoms with E-state index in [0.717, 1.165) is 12.8 Å². The van der Waals surface area contributed by atoms with Gasteiger partial charge in [0.25, 0.3) is 11.1 Å². The van der Waals surface area contributed by atoms with E-state index in [1.54, 1.807) is 23.0 Å². The maximum atomic E-state index is 12.9. The van der Waals surface area contributed by atoms with Gasteiger partial charge in [-0.25, -0.2) is 9.36 Å². The van der Waals surface area contributed by atoms with Crippen LogP contribution in [0.1, 0.15) is 31.8 Å². The van der Waals surface area contributed by atoms with E-state index in [2.05, 4.69) is 25.7 Å². The number of rotatable bonds is 4. The molecule has 3 heterocycles. The Morgan fingerprint density at radius 3 is 2.44 bits per heavy atom. The molecule has 3 aromatic heterocycles. The molecule has 0 bridgehead atoms. The molecular weight excluding hydrogens is 348 g/mol. The molecule has 27 heavy (non-hydrogen) atoms. The Morgan fingerprint density at radius 2 is 1.78 bits per heavy atom. The monoisotopic (exact) mass is 364 g/mol. The highest BCUT2D eigenvalue weighted by molar-refractivity contribution is 5.93. The van der Waals surface area contributed by atoms with Crippen LogP contribution in [0.4, 0.5) is 0 Å². The molecule has 136 valence electrons. The highest BCUT2D eigenvalue weighted by Gasteiger charge is 2.27. The van der Waals surface area contributed by atoms with Gasteiger partial charge in [-0.05, 0) is 38.0 Å². The molecule has 1 fully saturated rings. The van der Waals surface area contributed by atoms with Crippen LogP contribution in [0.25, 0.3) is 21.8 Å². The molecule has 1 aliphatic carbocycles. The maximum absolute atomic E-state index is 12.9. The summed E-state index contributed by atoms with van der Waals surface area (Å²) < 4.78 is 4.47. The smallest absolute Gasteiger partial charge is 0.271 e. The Bertz CT molecular complexity index is 1270. The Morgan fingerprint density at radius 1 is 1.07 bits per heavy atom. The predicted octanol–water partition coefficient (Wildman–Crippen LogP) is 0.689. The molecule has 10 nitrogen and oxygen atoms in total. The molecule has 1 atom stereocenters. The average Bonchev–Trinajstić information content (AvgIpc) is 3.38. The molecule has 0 aliphatic heterocycles. The van der Waals surface area contributed by atoms with Crippen LogP contribution in [0.2, 0.25) is 0 Å². The van der Waals surface area contributed by atoms with Gasteiger partial charge in [0.15, 0.2) is 0 Å². The second kappa shape index (κ2) is 5.79. The van der Waals surface area contributed by atoms with Crippen LogP contribution >= 0.6 is 0 Å². The summed E-state index contributed by atoms with van der Waals surface area (Å²) in [5.41, 5.74) is 0.278. The minimum Gasteiger partial charge on any atom is -0.271 e. The summed E-state index contributed by atoms with van der Waals surface area (Å²) in [6, 6.07) is 4.87. The molecule has 1 saturated carbocycles. The topological polar surface area (TPSA) is 113 Å². The Labute approximate surface area is 152 Å². The van der Waals surface area contributed by atoms with Crippen molar-refractivity contribution in [3.05, 3.63) is 51.3 Å². The molecule has 1 unspecified atom stereocenters. The maximum Gasteiger partial charge on any atom is 0.277 e. The minimum absolute atomic E-state index is 0.132. The van der Waals surface area contributed by atoms with Gasteiger partial charge in [0.2, 0.25) is 0 Å². The van der Waals surface area contributed by atoms with Crippen LogP contribution in [-0.2, 0) is 6.54 Å². The lowest BCUT2D eigenvalue weighted by atomic mass is 10.2. The summed E-state index contributed by atoms with van der Waals surface area (Å²) in [6.07, 6.45) is 5.38. The Balaban J connectivity index is 1.63. The standard InChI is InChI=1S/C17H16N8O2/c1-10(9-23-6-2-5-18-23)24-16(26)12-7-15-13(8-14(12)19-21-24)17(27)25(22-20-15)11-3-4-11/h2,5-8,10-11H,3-4,9H2,1H3. The number of aromatic nitrogens is 8. The minimum atomic E-state index is -0.283. The van der Waals surface area contributed by atoms with Crippen molar-refractivity contribution in [2.75, 3.05) is 0 Å². The second-order valence-electron chi connectivity index (χ2n) is 6.87. The highest BCUT2D eigenvalue weighted by atomic mass is 16.1. The molecule has 1 aliphatic rings. The molecule has 1 aromatic carbocycles. The molecule has 0 N–H and O–H groups in total. The van der Waals surface area contributed by atoms with Crippen molar-refractivity contribution in [1.29, 1.82) is 0 Å². The summed E-state index contributed by atoms with van der Waals surface area (Å²) in [5.74, 6) is 0. The van der Waals surface area contributed by atoms with Gasteiger partial charge in [-0.3, -0.25) is 14.3 Å². The molecule has 0 radical (unpaired) electrons. The normalized spacial score (nSPS) is 15.4. The van der Waals surface area contributed by atoms with Gasteiger partial charge in [-0.15, -0.1) is 10.2 Å². The summed E-state index contributed by atoms with van der Waals surface area (Å²) in [6.45, 7) is 2.37. The summed E-state index contributed by atoms with van der Waals surface area (Å²) >= 11 is 0. The Kier molecular flexibility index (Phi) is 3.39. The van der Waals surface area contributed by atoms with Crippen LogP contribution in [0, 0.1) is 0 Å². The van der Waals surface area contributed by atoms with Crippen molar-refractivity contribution in [1.82, 2.24) is 39.8 Å². The zero-order valence-corrected chi connectivity index (χ0v) is 14.6. The van der Waals surface area contributed by atoms with Crippen molar-refractivity contribution in [2.24, 2.45) is 0 Å². The number of nitrogens with zero attached hydrogens (tertiary/aromatic N) is 8. The zero-order chi connectivity index (χ0) is 18.5. The third kappa shape index (κ3) is 2.60. The van der Waals surface area contributed by atoms with Crippen LogP contribution in [0.5, 0.6) is 0 Å². The molecule has 10 heteroatoms. The molecule has 0 spiro atoms. The van der Waals surface area contributed by atoms with E-state index in [9.17, 15) is 9.59 Å².